The number of halogens is 1. The first-order valence-corrected chi connectivity index (χ1v) is 6.89. The number of nitrogens with one attached hydrogen (secondary N) is 1. The van der Waals surface area contributed by atoms with Gasteiger partial charge in [-0.05, 0) is 30.7 Å². The number of hydrogen-bond donors (Lipinski definition) is 3. The highest BCUT2D eigenvalue weighted by Gasteiger charge is 2.32. The normalized spacial score (nSPS) is 12.7. The monoisotopic (exact) mass is 277 g/mol. The summed E-state index contributed by atoms with van der Waals surface area (Å²) in [5.74, 6) is -0.542. The lowest BCUT2D eigenvalue weighted by Gasteiger charge is -2.29. The molecule has 0 saturated carbocycles. The summed E-state index contributed by atoms with van der Waals surface area (Å²) in [5, 5.41) is 18.4. The van der Waals surface area contributed by atoms with Gasteiger partial charge in [0.25, 0.3) is 0 Å². The molecule has 0 spiro atoms. The van der Waals surface area contributed by atoms with E-state index in [0.717, 1.165) is 24.3 Å². The van der Waals surface area contributed by atoms with Crippen LogP contribution in [0.3, 0.4) is 0 Å². The minimum atomic E-state index is -3.91. The highest BCUT2D eigenvalue weighted by atomic mass is 32.2. The van der Waals surface area contributed by atoms with E-state index >= 15 is 0 Å². The molecular weight excluding hydrogens is 261 g/mol. The highest BCUT2D eigenvalue weighted by Crippen LogP contribution is 2.16. The van der Waals surface area contributed by atoms with Crippen molar-refractivity contribution in [3.8, 4) is 0 Å². The molecule has 1 aromatic rings. The predicted molar refractivity (Wildman–Crippen MR) is 63.9 cm³/mol. The molecule has 0 radical (unpaired) electrons. The summed E-state index contributed by atoms with van der Waals surface area (Å²) >= 11 is 0. The van der Waals surface area contributed by atoms with Crippen LogP contribution in [0, 0.1) is 5.82 Å². The lowest BCUT2D eigenvalue weighted by molar-refractivity contribution is 0.105. The molecule has 0 fully saturated rings. The van der Waals surface area contributed by atoms with Gasteiger partial charge in [-0.2, -0.15) is 0 Å². The summed E-state index contributed by atoms with van der Waals surface area (Å²) in [6, 6.07) is 4.29. The lowest BCUT2D eigenvalue weighted by atomic mass is 10.0. The van der Waals surface area contributed by atoms with E-state index < -0.39 is 34.6 Å². The van der Waals surface area contributed by atoms with Crippen molar-refractivity contribution >= 4 is 10.0 Å². The minimum Gasteiger partial charge on any atom is -0.394 e. The average molecular weight is 277 g/mol. The Morgan fingerprint density at radius 3 is 2.11 bits per heavy atom. The fourth-order valence-electron chi connectivity index (χ4n) is 1.37. The molecule has 7 heteroatoms. The predicted octanol–water partition coefficient (Wildman–Crippen LogP) is 0.237. The largest absolute Gasteiger partial charge is 0.394 e. The summed E-state index contributed by atoms with van der Waals surface area (Å²) < 4.78 is 38.9. The lowest BCUT2D eigenvalue weighted by Crippen LogP contribution is -2.53. The van der Waals surface area contributed by atoms with Gasteiger partial charge in [0.2, 0.25) is 10.0 Å². The molecule has 0 unspecified atom stereocenters. The van der Waals surface area contributed by atoms with Gasteiger partial charge >= 0.3 is 0 Å². The van der Waals surface area contributed by atoms with Crippen LogP contribution in [0.4, 0.5) is 4.39 Å². The van der Waals surface area contributed by atoms with Crippen LogP contribution in [0.15, 0.2) is 29.2 Å². The zero-order valence-corrected chi connectivity index (χ0v) is 10.7. The Morgan fingerprint density at radius 1 is 1.22 bits per heavy atom. The smallest absolute Gasteiger partial charge is 0.241 e. The van der Waals surface area contributed by atoms with Gasteiger partial charge in [-0.3, -0.25) is 0 Å². The van der Waals surface area contributed by atoms with Crippen molar-refractivity contribution in [2.75, 3.05) is 13.2 Å². The number of aliphatic hydroxyl groups excluding tert-OH is 2. The molecule has 0 amide bonds. The summed E-state index contributed by atoms with van der Waals surface area (Å²) in [6.45, 7) is 0.584. The molecule has 3 N–H and O–H groups in total. The van der Waals surface area contributed by atoms with Crippen molar-refractivity contribution in [3.05, 3.63) is 30.1 Å². The summed E-state index contributed by atoms with van der Waals surface area (Å²) in [4.78, 5) is -0.122. The maximum absolute atomic E-state index is 12.7. The van der Waals surface area contributed by atoms with Crippen LogP contribution < -0.4 is 4.72 Å². The molecule has 0 aliphatic rings. The Morgan fingerprint density at radius 2 is 1.72 bits per heavy atom. The fraction of sp³-hybridized carbons (Fsp3) is 0.455. The van der Waals surface area contributed by atoms with Crippen LogP contribution in [0.2, 0.25) is 0 Å². The first-order chi connectivity index (χ1) is 8.39. The molecule has 1 rings (SSSR count). The van der Waals surface area contributed by atoms with Crippen LogP contribution in [-0.2, 0) is 10.0 Å². The Balaban J connectivity index is 3.04. The maximum atomic E-state index is 12.7. The Kier molecular flexibility index (Phi) is 4.80. The van der Waals surface area contributed by atoms with Gasteiger partial charge < -0.3 is 10.2 Å². The third kappa shape index (κ3) is 3.26. The van der Waals surface area contributed by atoms with Crippen LogP contribution in [0.25, 0.3) is 0 Å². The molecule has 0 heterocycles. The SMILES string of the molecule is CCC(CO)(CO)NS(=O)(=O)c1ccc(F)cc1. The molecule has 1 aromatic carbocycles. The van der Waals surface area contributed by atoms with Crippen LogP contribution in [0.5, 0.6) is 0 Å². The molecule has 0 aromatic heterocycles. The van der Waals surface area contributed by atoms with Crippen LogP contribution in [-0.4, -0.2) is 37.4 Å². The number of benzene rings is 1. The second-order valence-corrected chi connectivity index (χ2v) is 5.69. The van der Waals surface area contributed by atoms with Crippen molar-refractivity contribution in [2.45, 2.75) is 23.8 Å². The van der Waals surface area contributed by atoms with Crippen molar-refractivity contribution in [3.63, 3.8) is 0 Å². The van der Waals surface area contributed by atoms with E-state index in [9.17, 15) is 23.0 Å². The van der Waals surface area contributed by atoms with Gasteiger partial charge in [-0.25, -0.2) is 17.5 Å². The second kappa shape index (κ2) is 5.75. The van der Waals surface area contributed by atoms with Gasteiger partial charge in [-0.1, -0.05) is 6.92 Å². The Bertz CT molecular complexity index is 474. The van der Waals surface area contributed by atoms with Crippen molar-refractivity contribution < 1.29 is 23.0 Å². The van der Waals surface area contributed by atoms with E-state index in [1.807, 2.05) is 0 Å². The minimum absolute atomic E-state index is 0.122. The highest BCUT2D eigenvalue weighted by molar-refractivity contribution is 7.89. The topological polar surface area (TPSA) is 86.6 Å². The first-order valence-electron chi connectivity index (χ1n) is 5.40. The first kappa shape index (κ1) is 15.0. The third-order valence-corrected chi connectivity index (χ3v) is 4.35. The molecule has 0 atom stereocenters. The molecule has 0 bridgehead atoms. The van der Waals surface area contributed by atoms with Crippen LogP contribution in [0.1, 0.15) is 13.3 Å². The zero-order valence-electron chi connectivity index (χ0n) is 9.93. The second-order valence-electron chi connectivity index (χ2n) is 4.01. The number of aliphatic hydroxyl groups is 2. The van der Waals surface area contributed by atoms with Gasteiger partial charge in [0.05, 0.1) is 23.6 Å². The molecule has 5 nitrogen and oxygen atoms in total. The van der Waals surface area contributed by atoms with Crippen molar-refractivity contribution in [1.82, 2.24) is 4.72 Å². The van der Waals surface area contributed by atoms with Gasteiger partial charge in [-0.15, -0.1) is 0 Å². The molecular formula is C11H16FNO4S. The van der Waals surface area contributed by atoms with E-state index in [2.05, 4.69) is 4.72 Å². The maximum Gasteiger partial charge on any atom is 0.241 e. The fourth-order valence-corrected chi connectivity index (χ4v) is 2.82. The summed E-state index contributed by atoms with van der Waals surface area (Å²) in [6.07, 6.45) is 0.223. The molecule has 0 saturated heterocycles. The van der Waals surface area contributed by atoms with Crippen molar-refractivity contribution in [2.24, 2.45) is 0 Å². The van der Waals surface area contributed by atoms with Gasteiger partial charge in [0.15, 0.2) is 0 Å². The number of hydrogen-bond acceptors (Lipinski definition) is 4. The summed E-state index contributed by atoms with van der Waals surface area (Å²) in [7, 11) is -3.91. The van der Waals surface area contributed by atoms with E-state index in [-0.39, 0.29) is 11.3 Å². The number of rotatable bonds is 6. The van der Waals surface area contributed by atoms with E-state index in [1.54, 1.807) is 6.92 Å². The molecule has 0 aliphatic carbocycles. The van der Waals surface area contributed by atoms with E-state index in [1.165, 1.54) is 0 Å². The number of sulfonamides is 1. The van der Waals surface area contributed by atoms with E-state index in [4.69, 9.17) is 0 Å². The van der Waals surface area contributed by atoms with Crippen molar-refractivity contribution in [1.29, 1.82) is 0 Å². The molecule has 102 valence electrons. The Labute approximate surface area is 105 Å². The van der Waals surface area contributed by atoms with Gasteiger partial charge in [0.1, 0.15) is 5.82 Å². The average Bonchev–Trinajstić information content (AvgIpc) is 2.37. The van der Waals surface area contributed by atoms with E-state index in [0.29, 0.717) is 0 Å². The van der Waals surface area contributed by atoms with Crippen LogP contribution >= 0.6 is 0 Å². The van der Waals surface area contributed by atoms with Gasteiger partial charge in [0, 0.05) is 0 Å². The summed E-state index contributed by atoms with van der Waals surface area (Å²) in [5.41, 5.74) is -1.31. The zero-order chi connectivity index (χ0) is 13.8. The third-order valence-electron chi connectivity index (χ3n) is 2.76. The Hall–Kier alpha value is -1.02. The quantitative estimate of drug-likeness (QED) is 0.695. The molecule has 18 heavy (non-hydrogen) atoms. The molecule has 0 aliphatic heterocycles. The standard InChI is InChI=1S/C11H16FNO4S/c1-2-11(7-14,8-15)13-18(16,17)10-5-3-9(12)4-6-10/h3-6,13-15H,2,7-8H2,1H3.